The maximum absolute atomic E-state index is 5.99. The van der Waals surface area contributed by atoms with E-state index in [2.05, 4.69) is 20.7 Å². The van der Waals surface area contributed by atoms with Crippen molar-refractivity contribution in [2.75, 3.05) is 34.9 Å². The van der Waals surface area contributed by atoms with Crippen LogP contribution in [-0.4, -0.2) is 56.8 Å². The molecule has 1 heterocycles. The van der Waals surface area contributed by atoms with Crippen LogP contribution in [0, 0.1) is 0 Å². The van der Waals surface area contributed by atoms with Gasteiger partial charge in [0.25, 0.3) is 0 Å². The van der Waals surface area contributed by atoms with Gasteiger partial charge in [-0.3, -0.25) is 4.99 Å². The van der Waals surface area contributed by atoms with Gasteiger partial charge in [0.05, 0.1) is 25.9 Å². The summed E-state index contributed by atoms with van der Waals surface area (Å²) in [6, 6.07) is 7.63. The summed E-state index contributed by atoms with van der Waals surface area (Å²) in [7, 11) is 7.08. The molecule has 0 aliphatic heterocycles. The van der Waals surface area contributed by atoms with Gasteiger partial charge in [0, 0.05) is 26.6 Å². The van der Waals surface area contributed by atoms with E-state index in [0.717, 1.165) is 28.2 Å². The van der Waals surface area contributed by atoms with Crippen molar-refractivity contribution in [3.05, 3.63) is 40.3 Å². The molecule has 1 aromatic carbocycles. The van der Waals surface area contributed by atoms with Crippen LogP contribution in [0.1, 0.15) is 30.7 Å². The summed E-state index contributed by atoms with van der Waals surface area (Å²) in [5.74, 6) is 2.23. The number of guanidine groups is 1. The van der Waals surface area contributed by atoms with Gasteiger partial charge in [0.15, 0.2) is 17.5 Å². The molecule has 0 radical (unpaired) electrons. The first-order valence-corrected chi connectivity index (χ1v) is 10.0. The number of para-hydroxylation sites is 2. The quantitative estimate of drug-likeness (QED) is 0.509. The third-order valence-corrected chi connectivity index (χ3v) is 5.24. The van der Waals surface area contributed by atoms with Gasteiger partial charge in [-0.05, 0) is 26.0 Å². The normalized spacial score (nSPS) is 13.7. The topological polar surface area (TPSA) is 68.2 Å². The van der Waals surface area contributed by atoms with Crippen molar-refractivity contribution in [2.24, 2.45) is 4.99 Å². The summed E-state index contributed by atoms with van der Waals surface area (Å²) in [4.78, 5) is 11.0. The second-order valence-corrected chi connectivity index (χ2v) is 7.31. The molecule has 1 aromatic heterocycles. The number of methoxy groups -OCH3 is 2. The number of nitrogens with one attached hydrogen (secondary N) is 1. The molecule has 0 saturated carbocycles. The Balaban J connectivity index is 1.88. The predicted octanol–water partition coefficient (Wildman–Crippen LogP) is 3.33. The highest BCUT2D eigenvalue weighted by molar-refractivity contribution is 7.09. The smallest absolute Gasteiger partial charge is 0.193 e. The van der Waals surface area contributed by atoms with Crippen molar-refractivity contribution in [2.45, 2.75) is 32.6 Å². The molecule has 8 heteroatoms. The largest absolute Gasteiger partial charge is 0.493 e. The molecular formula is C20H30N4O3S. The first-order chi connectivity index (χ1) is 13.5. The summed E-state index contributed by atoms with van der Waals surface area (Å²) >= 11 is 1.61. The predicted molar refractivity (Wildman–Crippen MR) is 113 cm³/mol. The van der Waals surface area contributed by atoms with Crippen LogP contribution in [-0.2, 0) is 11.3 Å². The van der Waals surface area contributed by atoms with Crippen molar-refractivity contribution >= 4 is 17.3 Å². The van der Waals surface area contributed by atoms with Crippen molar-refractivity contribution < 1.29 is 14.2 Å². The average molecular weight is 407 g/mol. The van der Waals surface area contributed by atoms with Gasteiger partial charge in [0.1, 0.15) is 17.2 Å². The molecule has 0 aliphatic rings. The van der Waals surface area contributed by atoms with Crippen molar-refractivity contribution in [1.29, 1.82) is 0 Å². The summed E-state index contributed by atoms with van der Waals surface area (Å²) in [6.07, 6.45) is -0.0515. The lowest BCUT2D eigenvalue weighted by atomic mass is 10.3. The maximum Gasteiger partial charge on any atom is 0.193 e. The number of hydrogen-bond donors (Lipinski definition) is 1. The summed E-state index contributed by atoms with van der Waals surface area (Å²) in [6.45, 7) is 5.27. The highest BCUT2D eigenvalue weighted by Crippen LogP contribution is 2.26. The molecule has 0 amide bonds. The lowest BCUT2D eigenvalue weighted by Crippen LogP contribution is -2.42. The average Bonchev–Trinajstić information content (AvgIpc) is 3.16. The van der Waals surface area contributed by atoms with E-state index in [0.29, 0.717) is 13.1 Å². The van der Waals surface area contributed by atoms with E-state index in [1.54, 1.807) is 32.6 Å². The minimum absolute atomic E-state index is 0.00877. The van der Waals surface area contributed by atoms with Gasteiger partial charge < -0.3 is 24.4 Å². The number of nitrogens with zero attached hydrogens (tertiary/aromatic N) is 3. The molecule has 2 aromatic rings. The number of aliphatic imine (C=N–C) groups is 1. The lowest BCUT2D eigenvalue weighted by molar-refractivity contribution is 0.119. The Morgan fingerprint density at radius 2 is 1.96 bits per heavy atom. The minimum atomic E-state index is -0.0603. The van der Waals surface area contributed by atoms with Gasteiger partial charge in [-0.25, -0.2) is 4.98 Å². The molecule has 2 unspecified atom stereocenters. The third-order valence-electron chi connectivity index (χ3n) is 4.19. The summed E-state index contributed by atoms with van der Waals surface area (Å²) < 4.78 is 16.6. The fraction of sp³-hybridized carbons (Fsp3) is 0.500. The summed E-state index contributed by atoms with van der Waals surface area (Å²) in [5.41, 5.74) is 0.993. The van der Waals surface area contributed by atoms with Crippen molar-refractivity contribution in [3.63, 3.8) is 0 Å². The van der Waals surface area contributed by atoms with E-state index in [9.17, 15) is 0 Å². The van der Waals surface area contributed by atoms with Crippen LogP contribution in [0.2, 0.25) is 0 Å². The molecule has 2 rings (SSSR count). The minimum Gasteiger partial charge on any atom is -0.493 e. The second kappa shape index (κ2) is 10.9. The van der Waals surface area contributed by atoms with Crippen LogP contribution in [0.4, 0.5) is 0 Å². The highest BCUT2D eigenvalue weighted by atomic mass is 32.1. The highest BCUT2D eigenvalue weighted by Gasteiger charge is 2.14. The zero-order chi connectivity index (χ0) is 20.5. The molecule has 0 aliphatic carbocycles. The van der Waals surface area contributed by atoms with E-state index in [-0.39, 0.29) is 12.2 Å². The van der Waals surface area contributed by atoms with E-state index in [1.807, 2.05) is 50.1 Å². The first kappa shape index (κ1) is 22.0. The standard InChI is InChI=1S/C20H30N4O3S/c1-14(27-18-10-8-7-9-17(18)26-6)11-22-20(21-3)24(4)12-16-13-28-19(23-16)15(2)25-5/h7-10,13-15H,11-12H2,1-6H3,(H,21,22). The Morgan fingerprint density at radius 3 is 2.61 bits per heavy atom. The zero-order valence-corrected chi connectivity index (χ0v) is 18.2. The Bertz CT molecular complexity index is 765. The van der Waals surface area contributed by atoms with Crippen LogP contribution < -0.4 is 14.8 Å². The molecular weight excluding hydrogens is 376 g/mol. The van der Waals surface area contributed by atoms with Crippen molar-refractivity contribution in [3.8, 4) is 11.5 Å². The molecule has 0 spiro atoms. The van der Waals surface area contributed by atoms with E-state index >= 15 is 0 Å². The van der Waals surface area contributed by atoms with Gasteiger partial charge in [-0.2, -0.15) is 0 Å². The van der Waals surface area contributed by atoms with Crippen LogP contribution in [0.25, 0.3) is 0 Å². The Labute approximate surface area is 171 Å². The fourth-order valence-corrected chi connectivity index (χ4v) is 3.44. The van der Waals surface area contributed by atoms with Crippen molar-refractivity contribution in [1.82, 2.24) is 15.2 Å². The molecule has 0 bridgehead atoms. The number of benzene rings is 1. The molecule has 1 N–H and O–H groups in total. The van der Waals surface area contributed by atoms with Crippen LogP contribution in [0.15, 0.2) is 34.6 Å². The third kappa shape index (κ3) is 6.10. The molecule has 28 heavy (non-hydrogen) atoms. The fourth-order valence-electron chi connectivity index (χ4n) is 2.59. The number of hydrogen-bond acceptors (Lipinski definition) is 6. The van der Waals surface area contributed by atoms with Gasteiger partial charge in [-0.15, -0.1) is 11.3 Å². The zero-order valence-electron chi connectivity index (χ0n) is 17.4. The summed E-state index contributed by atoms with van der Waals surface area (Å²) in [5, 5.41) is 6.39. The van der Waals surface area contributed by atoms with Gasteiger partial charge in [0.2, 0.25) is 0 Å². The van der Waals surface area contributed by atoms with Crippen LogP contribution in [0.5, 0.6) is 11.5 Å². The number of thiazole rings is 1. The Morgan fingerprint density at radius 1 is 1.25 bits per heavy atom. The molecule has 154 valence electrons. The molecule has 7 nitrogen and oxygen atoms in total. The Kier molecular flexibility index (Phi) is 8.53. The van der Waals surface area contributed by atoms with E-state index in [4.69, 9.17) is 14.2 Å². The van der Waals surface area contributed by atoms with Gasteiger partial charge >= 0.3 is 0 Å². The molecule has 2 atom stereocenters. The maximum atomic E-state index is 5.99. The lowest BCUT2D eigenvalue weighted by Gasteiger charge is -2.23. The van der Waals surface area contributed by atoms with E-state index in [1.165, 1.54) is 0 Å². The molecule has 0 fully saturated rings. The van der Waals surface area contributed by atoms with E-state index < -0.39 is 0 Å². The number of aromatic nitrogens is 1. The Hall–Kier alpha value is -2.32. The van der Waals surface area contributed by atoms with Crippen LogP contribution in [0.3, 0.4) is 0 Å². The van der Waals surface area contributed by atoms with Crippen LogP contribution >= 0.6 is 11.3 Å². The van der Waals surface area contributed by atoms with Gasteiger partial charge in [-0.1, -0.05) is 12.1 Å². The monoisotopic (exact) mass is 406 g/mol. The SMILES string of the molecule is CN=C(NCC(C)Oc1ccccc1OC)N(C)Cc1csc(C(C)OC)n1. The number of rotatable bonds is 9. The second-order valence-electron chi connectivity index (χ2n) is 6.42. The molecule has 0 saturated heterocycles. The first-order valence-electron chi connectivity index (χ1n) is 9.17. The number of ether oxygens (including phenoxy) is 3.